The van der Waals surface area contributed by atoms with Crippen LogP contribution in [0.3, 0.4) is 0 Å². The number of carbonyl (C=O) groups excluding carboxylic acids is 2. The van der Waals surface area contributed by atoms with Gasteiger partial charge in [-0.3, -0.25) is 9.59 Å². The van der Waals surface area contributed by atoms with Crippen molar-refractivity contribution in [3.63, 3.8) is 0 Å². The van der Waals surface area contributed by atoms with E-state index < -0.39 is 11.4 Å². The summed E-state index contributed by atoms with van der Waals surface area (Å²) in [5.41, 5.74) is 0. The molecule has 52 valence electrons. The molecule has 0 aromatic rings. The van der Waals surface area contributed by atoms with Crippen molar-refractivity contribution in [3.8, 4) is 0 Å². The Labute approximate surface area is 52.8 Å². The van der Waals surface area contributed by atoms with Crippen molar-refractivity contribution in [2.75, 3.05) is 0 Å². The van der Waals surface area contributed by atoms with Gasteiger partial charge in [0.15, 0.2) is 0 Å². The molecule has 0 aliphatic heterocycles. The molecule has 0 rings (SSSR count). The van der Waals surface area contributed by atoms with Gasteiger partial charge in [-0.1, -0.05) is 0 Å². The summed E-state index contributed by atoms with van der Waals surface area (Å²) in [6.45, 7) is 0. The Morgan fingerprint density at radius 1 is 1.44 bits per heavy atom. The summed E-state index contributed by atoms with van der Waals surface area (Å²) in [7, 11) is 0. The third-order valence-electron chi connectivity index (χ3n) is 0.355. The van der Waals surface area contributed by atoms with Crippen LogP contribution in [0, 0.1) is 0 Å². The maximum Gasteiger partial charge on any atom is 0.241 e. The summed E-state index contributed by atoms with van der Waals surface area (Å²) in [5.74, 6) is 0. The minimum atomic E-state index is -2.88. The molecule has 0 N–H and O–H groups in total. The molecule has 0 aliphatic carbocycles. The fraction of sp³-hybridized carbons (Fsp3) is 0. The molecule has 6 nitrogen and oxygen atoms in total. The van der Waals surface area contributed by atoms with Crippen molar-refractivity contribution in [2.24, 2.45) is 0 Å². The quantitative estimate of drug-likeness (QED) is 0.273. The van der Waals surface area contributed by atoms with Crippen LogP contribution >= 0.6 is 0 Å². The molecule has 0 aromatic heterocycles. The number of hydroxylamine groups is 2. The van der Waals surface area contributed by atoms with Crippen molar-refractivity contribution in [2.45, 2.75) is 0 Å². The number of hydrogen-bond donors (Lipinski definition) is 0. The second-order valence-electron chi connectivity index (χ2n) is 0.849. The Hall–Kier alpha value is -0.790. The predicted octanol–water partition coefficient (Wildman–Crippen LogP) is -1.67. The number of amides is 2. The molecule has 7 heteroatoms. The minimum absolute atomic E-state index is 0.0247. The summed E-state index contributed by atoms with van der Waals surface area (Å²) in [6.07, 6.45) is -0.161. The van der Waals surface area contributed by atoms with E-state index in [1.807, 2.05) is 0 Å². The molecule has 0 spiro atoms. The van der Waals surface area contributed by atoms with Crippen LogP contribution in [0.4, 0.5) is 0 Å². The average Bonchev–Trinajstić information content (AvgIpc) is 1.82. The van der Waals surface area contributed by atoms with E-state index >= 15 is 0 Å². The molecular weight excluding hydrogens is 150 g/mol. The lowest BCUT2D eigenvalue weighted by atomic mass is 11.2. The number of nitrogens with zero attached hydrogens (tertiary/aromatic N) is 1. The zero-order valence-electron chi connectivity index (χ0n) is 4.05. The molecule has 0 aromatic carbocycles. The summed E-state index contributed by atoms with van der Waals surface area (Å²) < 4.78 is 22.7. The van der Waals surface area contributed by atoms with Crippen LogP contribution in [0.15, 0.2) is 0 Å². The fourth-order valence-electron chi connectivity index (χ4n) is 0.130. The number of imide groups is 1. The molecule has 0 saturated carbocycles. The van der Waals surface area contributed by atoms with Crippen LogP contribution < -0.4 is 0 Å². The van der Waals surface area contributed by atoms with Gasteiger partial charge in [0.2, 0.25) is 12.8 Å². The zero-order chi connectivity index (χ0) is 7.28. The lowest BCUT2D eigenvalue weighted by molar-refractivity contribution is -0.152. The van der Waals surface area contributed by atoms with Crippen LogP contribution in [0.2, 0.25) is 0 Å². The maximum absolute atomic E-state index is 9.57. The van der Waals surface area contributed by atoms with Gasteiger partial charge in [-0.05, 0) is 0 Å². The standard InChI is InChI=1S/C2H3NO5S/c4-1-3(2-5)8-9(6)7/h1-2H,(H,6,7)/p-1. The largest absolute Gasteiger partial charge is 0.748 e. The van der Waals surface area contributed by atoms with Crippen molar-refractivity contribution < 1.29 is 22.6 Å². The minimum Gasteiger partial charge on any atom is -0.748 e. The molecule has 0 radical (unpaired) electrons. The lowest BCUT2D eigenvalue weighted by Gasteiger charge is -2.08. The summed E-state index contributed by atoms with van der Waals surface area (Å²) in [4.78, 5) is 19.1. The fourth-order valence-corrected chi connectivity index (χ4v) is 0.341. The summed E-state index contributed by atoms with van der Waals surface area (Å²) in [6, 6.07) is 0. The van der Waals surface area contributed by atoms with E-state index in [2.05, 4.69) is 4.28 Å². The predicted molar refractivity (Wildman–Crippen MR) is 24.0 cm³/mol. The van der Waals surface area contributed by atoms with Crippen LogP contribution in [0.25, 0.3) is 0 Å². The van der Waals surface area contributed by atoms with Crippen LogP contribution in [0.1, 0.15) is 0 Å². The highest BCUT2D eigenvalue weighted by atomic mass is 32.2. The Bertz CT molecular complexity index is 127. The molecule has 1 unspecified atom stereocenters. The van der Waals surface area contributed by atoms with E-state index in [9.17, 15) is 18.4 Å². The molecule has 0 fully saturated rings. The molecule has 0 aliphatic rings. The van der Waals surface area contributed by atoms with Crippen LogP contribution in [-0.4, -0.2) is 26.6 Å². The van der Waals surface area contributed by atoms with Crippen molar-refractivity contribution in [1.29, 1.82) is 0 Å². The summed E-state index contributed by atoms with van der Waals surface area (Å²) >= 11 is -2.88. The first-order valence-corrected chi connectivity index (χ1v) is 2.67. The van der Waals surface area contributed by atoms with Crippen molar-refractivity contribution in [3.05, 3.63) is 0 Å². The Balaban J connectivity index is 3.68. The first-order valence-electron chi connectivity index (χ1n) is 1.67. The second kappa shape index (κ2) is 4.13. The Morgan fingerprint density at radius 3 is 2.00 bits per heavy atom. The van der Waals surface area contributed by atoms with Gasteiger partial charge in [0, 0.05) is 0 Å². The van der Waals surface area contributed by atoms with Gasteiger partial charge < -0.3 is 4.55 Å². The highest BCUT2D eigenvalue weighted by Gasteiger charge is 1.96. The molecule has 9 heavy (non-hydrogen) atoms. The van der Waals surface area contributed by atoms with Gasteiger partial charge in [-0.15, -0.1) is 5.06 Å². The smallest absolute Gasteiger partial charge is 0.241 e. The molecule has 2 amide bonds. The second-order valence-corrected chi connectivity index (χ2v) is 1.41. The van der Waals surface area contributed by atoms with Crippen molar-refractivity contribution in [1.82, 2.24) is 5.06 Å². The van der Waals surface area contributed by atoms with Gasteiger partial charge in [-0.25, -0.2) is 4.21 Å². The number of rotatable bonds is 4. The van der Waals surface area contributed by atoms with Crippen LogP contribution in [-0.2, 0) is 25.2 Å². The third-order valence-corrected chi connectivity index (χ3v) is 0.649. The van der Waals surface area contributed by atoms with Crippen molar-refractivity contribution >= 4 is 24.2 Å². The van der Waals surface area contributed by atoms with Gasteiger partial charge in [0.25, 0.3) is 0 Å². The first kappa shape index (κ1) is 8.21. The van der Waals surface area contributed by atoms with E-state index in [0.717, 1.165) is 0 Å². The van der Waals surface area contributed by atoms with E-state index in [1.54, 1.807) is 0 Å². The molecule has 0 heterocycles. The maximum atomic E-state index is 9.57. The zero-order valence-corrected chi connectivity index (χ0v) is 4.87. The van der Waals surface area contributed by atoms with Gasteiger partial charge in [-0.2, -0.15) is 4.28 Å². The SMILES string of the molecule is O=CN(C=O)OS(=O)[O-]. The normalized spacial score (nSPS) is 12.1. The van der Waals surface area contributed by atoms with E-state index in [1.165, 1.54) is 0 Å². The van der Waals surface area contributed by atoms with E-state index in [4.69, 9.17) is 0 Å². The van der Waals surface area contributed by atoms with E-state index in [-0.39, 0.29) is 17.9 Å². The molecule has 0 saturated heterocycles. The molecule has 0 bridgehead atoms. The van der Waals surface area contributed by atoms with Gasteiger partial charge in [0.1, 0.15) is 11.4 Å². The summed E-state index contributed by atoms with van der Waals surface area (Å²) in [5, 5.41) is -0.0247. The molecule has 1 atom stereocenters. The highest BCUT2D eigenvalue weighted by Crippen LogP contribution is 1.81. The first-order chi connectivity index (χ1) is 4.20. The van der Waals surface area contributed by atoms with Gasteiger partial charge in [0.05, 0.1) is 0 Å². The number of hydrogen-bond acceptors (Lipinski definition) is 5. The molecular formula is C2H2NO5S-. The topological polar surface area (TPSA) is 86.7 Å². The lowest BCUT2D eigenvalue weighted by Crippen LogP contribution is -2.21. The Morgan fingerprint density at radius 2 is 1.89 bits per heavy atom. The Kier molecular flexibility index (Phi) is 3.76. The van der Waals surface area contributed by atoms with Crippen LogP contribution in [0.5, 0.6) is 0 Å². The third kappa shape index (κ3) is 3.76. The average molecular weight is 152 g/mol. The van der Waals surface area contributed by atoms with E-state index in [0.29, 0.717) is 0 Å². The van der Waals surface area contributed by atoms with Gasteiger partial charge >= 0.3 is 0 Å². The monoisotopic (exact) mass is 152 g/mol. The number of carbonyl (C=O) groups is 2. The highest BCUT2D eigenvalue weighted by molar-refractivity contribution is 7.74.